The van der Waals surface area contributed by atoms with Crippen LogP contribution < -0.4 is 14.8 Å². The highest BCUT2D eigenvalue weighted by molar-refractivity contribution is 5.88. The smallest absolute Gasteiger partial charge is 0.335 e. The summed E-state index contributed by atoms with van der Waals surface area (Å²) < 4.78 is 11.4. The lowest BCUT2D eigenvalue weighted by Crippen LogP contribution is -2.05. The fourth-order valence-corrected chi connectivity index (χ4v) is 3.06. The minimum Gasteiger partial charge on any atom is -0.493 e. The van der Waals surface area contributed by atoms with Crippen molar-refractivity contribution in [2.24, 2.45) is 0 Å². The van der Waals surface area contributed by atoms with Crippen LogP contribution in [0.4, 0.5) is 5.69 Å². The van der Waals surface area contributed by atoms with Crippen LogP contribution in [-0.4, -0.2) is 24.8 Å². The minimum atomic E-state index is -0.924. The molecule has 0 bridgehead atoms. The number of methoxy groups -OCH3 is 1. The number of ether oxygens (including phenoxy) is 2. The van der Waals surface area contributed by atoms with Crippen molar-refractivity contribution in [3.8, 4) is 11.5 Å². The molecule has 0 atom stereocenters. The molecule has 2 N–H and O–H groups in total. The van der Waals surface area contributed by atoms with E-state index in [-0.39, 0.29) is 5.56 Å². The predicted octanol–water partition coefficient (Wildman–Crippen LogP) is 4.94. The van der Waals surface area contributed by atoms with E-state index in [9.17, 15) is 4.79 Å². The van der Waals surface area contributed by atoms with Crippen molar-refractivity contribution >= 4 is 11.7 Å². The molecule has 150 valence electrons. The highest BCUT2D eigenvalue weighted by Gasteiger charge is 2.08. The monoisotopic (exact) mass is 391 g/mol. The zero-order chi connectivity index (χ0) is 20.6. The molecule has 0 saturated carbocycles. The summed E-state index contributed by atoms with van der Waals surface area (Å²) in [5, 5.41) is 12.4. The van der Waals surface area contributed by atoms with Gasteiger partial charge in [-0.15, -0.1) is 0 Å². The van der Waals surface area contributed by atoms with Crippen molar-refractivity contribution in [1.82, 2.24) is 0 Å². The van der Waals surface area contributed by atoms with Crippen LogP contribution in [0.25, 0.3) is 0 Å². The second-order valence-corrected chi connectivity index (χ2v) is 6.76. The fourth-order valence-electron chi connectivity index (χ4n) is 3.06. The molecule has 29 heavy (non-hydrogen) atoms. The third kappa shape index (κ3) is 5.51. The van der Waals surface area contributed by atoms with Crippen LogP contribution in [-0.2, 0) is 13.0 Å². The van der Waals surface area contributed by atoms with E-state index in [4.69, 9.17) is 14.6 Å². The number of hydrogen-bond acceptors (Lipinski definition) is 4. The maximum atomic E-state index is 11.1. The van der Waals surface area contributed by atoms with Gasteiger partial charge in [-0.1, -0.05) is 36.4 Å². The van der Waals surface area contributed by atoms with Gasteiger partial charge in [0.1, 0.15) is 0 Å². The molecule has 0 aliphatic heterocycles. The standard InChI is InChI=1S/C24H25NO4/c1-17-14-20(24(26)27)9-10-21(17)25-16-19-8-11-22(23(15-19)28-2)29-13-12-18-6-4-3-5-7-18/h3-11,14-15,25H,12-13,16H2,1-2H3,(H,26,27). The lowest BCUT2D eigenvalue weighted by Gasteiger charge is -2.14. The SMILES string of the molecule is COc1cc(CNc2ccc(C(=O)O)cc2C)ccc1OCCc1ccccc1. The molecule has 3 rings (SSSR count). The van der Waals surface area contributed by atoms with Crippen LogP contribution in [0.3, 0.4) is 0 Å². The largest absolute Gasteiger partial charge is 0.493 e. The first-order valence-electron chi connectivity index (χ1n) is 9.48. The maximum absolute atomic E-state index is 11.1. The molecule has 0 aliphatic rings. The molecule has 0 heterocycles. The molecule has 0 spiro atoms. The van der Waals surface area contributed by atoms with Gasteiger partial charge in [-0.3, -0.25) is 0 Å². The van der Waals surface area contributed by atoms with Gasteiger partial charge in [-0.2, -0.15) is 0 Å². The lowest BCUT2D eigenvalue weighted by molar-refractivity contribution is 0.0697. The van der Waals surface area contributed by atoms with Gasteiger partial charge in [0, 0.05) is 18.7 Å². The van der Waals surface area contributed by atoms with E-state index in [1.807, 2.05) is 43.3 Å². The summed E-state index contributed by atoms with van der Waals surface area (Å²) >= 11 is 0. The van der Waals surface area contributed by atoms with E-state index in [0.29, 0.717) is 24.7 Å². The molecule has 5 nitrogen and oxygen atoms in total. The third-order valence-corrected chi connectivity index (χ3v) is 4.68. The zero-order valence-corrected chi connectivity index (χ0v) is 16.6. The first kappa shape index (κ1) is 20.3. The van der Waals surface area contributed by atoms with E-state index < -0.39 is 5.97 Å². The van der Waals surface area contributed by atoms with Gasteiger partial charge < -0.3 is 19.9 Å². The minimum absolute atomic E-state index is 0.284. The highest BCUT2D eigenvalue weighted by atomic mass is 16.5. The summed E-state index contributed by atoms with van der Waals surface area (Å²) in [4.78, 5) is 11.1. The summed E-state index contributed by atoms with van der Waals surface area (Å²) in [6.07, 6.45) is 0.832. The van der Waals surface area contributed by atoms with E-state index >= 15 is 0 Å². The van der Waals surface area contributed by atoms with Gasteiger partial charge in [0.15, 0.2) is 11.5 Å². The second kappa shape index (κ2) is 9.64. The van der Waals surface area contributed by atoms with Crippen LogP contribution >= 0.6 is 0 Å². The molecule has 3 aromatic rings. The van der Waals surface area contributed by atoms with E-state index in [1.54, 1.807) is 25.3 Å². The number of carboxylic acids is 1. The molecule has 0 saturated heterocycles. The molecule has 0 fully saturated rings. The average molecular weight is 391 g/mol. The Kier molecular flexibility index (Phi) is 6.74. The first-order valence-corrected chi connectivity index (χ1v) is 9.48. The van der Waals surface area contributed by atoms with E-state index in [2.05, 4.69) is 17.4 Å². The van der Waals surface area contributed by atoms with Gasteiger partial charge in [-0.05, 0) is 53.9 Å². The topological polar surface area (TPSA) is 67.8 Å². The lowest BCUT2D eigenvalue weighted by atomic mass is 10.1. The van der Waals surface area contributed by atoms with Crippen LogP contribution in [0.5, 0.6) is 11.5 Å². The zero-order valence-electron chi connectivity index (χ0n) is 16.6. The number of benzene rings is 3. The highest BCUT2D eigenvalue weighted by Crippen LogP contribution is 2.29. The molecule has 0 unspecified atom stereocenters. The maximum Gasteiger partial charge on any atom is 0.335 e. The van der Waals surface area contributed by atoms with Crippen molar-refractivity contribution in [1.29, 1.82) is 0 Å². The van der Waals surface area contributed by atoms with Crippen molar-refractivity contribution in [2.45, 2.75) is 19.9 Å². The molecule has 3 aromatic carbocycles. The van der Waals surface area contributed by atoms with Crippen molar-refractivity contribution < 1.29 is 19.4 Å². The van der Waals surface area contributed by atoms with Crippen LogP contribution in [0.1, 0.15) is 27.0 Å². The fraction of sp³-hybridized carbons (Fsp3) is 0.208. The van der Waals surface area contributed by atoms with Gasteiger partial charge >= 0.3 is 5.97 Å². The van der Waals surface area contributed by atoms with Gasteiger partial charge in [0.2, 0.25) is 0 Å². The molecule has 0 amide bonds. The van der Waals surface area contributed by atoms with Gasteiger partial charge in [0.25, 0.3) is 0 Å². The number of carbonyl (C=O) groups is 1. The Labute approximate surface area is 170 Å². The Balaban J connectivity index is 1.60. The van der Waals surface area contributed by atoms with E-state index in [1.165, 1.54) is 5.56 Å². The Hall–Kier alpha value is -3.47. The number of carboxylic acid groups (broad SMARTS) is 1. The number of nitrogens with one attached hydrogen (secondary N) is 1. The average Bonchev–Trinajstić information content (AvgIpc) is 2.74. The van der Waals surface area contributed by atoms with E-state index in [0.717, 1.165) is 23.2 Å². The molecule has 0 aliphatic carbocycles. The Morgan fingerprint density at radius 2 is 1.76 bits per heavy atom. The Morgan fingerprint density at radius 3 is 2.45 bits per heavy atom. The Bertz CT molecular complexity index is 970. The van der Waals surface area contributed by atoms with Crippen molar-refractivity contribution in [3.05, 3.63) is 89.0 Å². The van der Waals surface area contributed by atoms with Gasteiger partial charge in [0.05, 0.1) is 19.3 Å². The summed E-state index contributed by atoms with van der Waals surface area (Å²) in [5.74, 6) is 0.483. The molecule has 0 aromatic heterocycles. The molecule has 5 heteroatoms. The van der Waals surface area contributed by atoms with Gasteiger partial charge in [-0.25, -0.2) is 4.79 Å². The van der Waals surface area contributed by atoms with Crippen LogP contribution in [0, 0.1) is 6.92 Å². The van der Waals surface area contributed by atoms with Crippen LogP contribution in [0.2, 0.25) is 0 Å². The summed E-state index contributed by atoms with van der Waals surface area (Å²) in [5.41, 5.74) is 4.34. The number of rotatable bonds is 9. The molecular formula is C24H25NO4. The first-order chi connectivity index (χ1) is 14.1. The summed E-state index contributed by atoms with van der Waals surface area (Å²) in [6, 6.07) is 21.1. The second-order valence-electron chi connectivity index (χ2n) is 6.76. The van der Waals surface area contributed by atoms with Crippen molar-refractivity contribution in [2.75, 3.05) is 19.0 Å². The Morgan fingerprint density at radius 1 is 0.966 bits per heavy atom. The normalized spacial score (nSPS) is 10.4. The summed E-state index contributed by atoms with van der Waals surface area (Å²) in [6.45, 7) is 3.06. The molecule has 0 radical (unpaired) electrons. The molecular weight excluding hydrogens is 366 g/mol. The number of hydrogen-bond donors (Lipinski definition) is 2. The number of aromatic carboxylic acids is 1. The quantitative estimate of drug-likeness (QED) is 0.541. The predicted molar refractivity (Wildman–Crippen MR) is 114 cm³/mol. The van der Waals surface area contributed by atoms with Crippen LogP contribution in [0.15, 0.2) is 66.7 Å². The third-order valence-electron chi connectivity index (χ3n) is 4.68. The number of anilines is 1. The summed E-state index contributed by atoms with van der Waals surface area (Å²) in [7, 11) is 1.63. The number of aryl methyl sites for hydroxylation is 1. The van der Waals surface area contributed by atoms with Crippen molar-refractivity contribution in [3.63, 3.8) is 0 Å².